The Balaban J connectivity index is 1.75. The molecule has 2 aromatic carbocycles. The van der Waals surface area contributed by atoms with Crippen LogP contribution in [0.15, 0.2) is 36.4 Å². The van der Waals surface area contributed by atoms with Gasteiger partial charge in [-0.25, -0.2) is 14.2 Å². The van der Waals surface area contributed by atoms with Crippen molar-refractivity contribution in [3.8, 4) is 0 Å². The Labute approximate surface area is 126 Å². The lowest BCUT2D eigenvalue weighted by molar-refractivity contribution is 0.262. The van der Waals surface area contributed by atoms with Crippen molar-refractivity contribution < 1.29 is 9.18 Å². The second-order valence-corrected chi connectivity index (χ2v) is 5.13. The Morgan fingerprint density at radius 1 is 1.09 bits per heavy atom. The molecule has 1 heterocycles. The number of amides is 2. The van der Waals surface area contributed by atoms with E-state index in [-0.39, 0.29) is 5.82 Å². The Morgan fingerprint density at radius 2 is 1.77 bits per heavy atom. The third-order valence-corrected chi connectivity index (χ3v) is 3.43. The number of carbonyl (C=O) groups excluding carboxylic acids is 1. The Hall–Kier alpha value is -2.89. The smallest absolute Gasteiger partial charge is 0.324 e. The summed E-state index contributed by atoms with van der Waals surface area (Å²) in [5, 5.41) is 5.23. The van der Waals surface area contributed by atoms with Crippen molar-refractivity contribution in [3.63, 3.8) is 0 Å². The molecule has 3 N–H and O–H groups in total. The molecule has 5 nitrogen and oxygen atoms in total. The van der Waals surface area contributed by atoms with E-state index in [2.05, 4.69) is 20.6 Å². The van der Waals surface area contributed by atoms with Crippen LogP contribution in [-0.2, 0) is 0 Å². The van der Waals surface area contributed by atoms with Crippen molar-refractivity contribution in [2.75, 3.05) is 10.6 Å². The fourth-order valence-corrected chi connectivity index (χ4v) is 2.13. The van der Waals surface area contributed by atoms with Crippen LogP contribution in [0.4, 0.5) is 20.8 Å². The average Bonchev–Trinajstić information content (AvgIpc) is 2.83. The van der Waals surface area contributed by atoms with Crippen molar-refractivity contribution in [3.05, 3.63) is 53.3 Å². The van der Waals surface area contributed by atoms with Gasteiger partial charge in [0.2, 0.25) is 5.95 Å². The van der Waals surface area contributed by atoms with Crippen LogP contribution in [0.5, 0.6) is 0 Å². The third kappa shape index (κ3) is 2.90. The predicted molar refractivity (Wildman–Crippen MR) is 84.6 cm³/mol. The Morgan fingerprint density at radius 3 is 2.50 bits per heavy atom. The third-order valence-electron chi connectivity index (χ3n) is 3.43. The van der Waals surface area contributed by atoms with Gasteiger partial charge < -0.3 is 10.3 Å². The number of nitrogens with one attached hydrogen (secondary N) is 3. The van der Waals surface area contributed by atoms with Crippen molar-refractivity contribution in [1.29, 1.82) is 0 Å². The summed E-state index contributed by atoms with van der Waals surface area (Å²) in [7, 11) is 0. The number of rotatable bonds is 2. The lowest BCUT2D eigenvalue weighted by Crippen LogP contribution is -2.20. The van der Waals surface area contributed by atoms with E-state index >= 15 is 0 Å². The van der Waals surface area contributed by atoms with Crippen LogP contribution < -0.4 is 10.6 Å². The van der Waals surface area contributed by atoms with Crippen LogP contribution in [0.3, 0.4) is 0 Å². The van der Waals surface area contributed by atoms with E-state index in [1.54, 1.807) is 0 Å². The summed E-state index contributed by atoms with van der Waals surface area (Å²) in [5.41, 5.74) is 4.45. The molecule has 0 radical (unpaired) electrons. The van der Waals surface area contributed by atoms with Crippen LogP contribution in [0.1, 0.15) is 11.1 Å². The van der Waals surface area contributed by atoms with Gasteiger partial charge in [-0.2, -0.15) is 0 Å². The van der Waals surface area contributed by atoms with Gasteiger partial charge in [0.25, 0.3) is 0 Å². The Kier molecular flexibility index (Phi) is 3.50. The van der Waals surface area contributed by atoms with Crippen molar-refractivity contribution in [2.24, 2.45) is 0 Å². The first-order valence-electron chi connectivity index (χ1n) is 6.82. The van der Waals surface area contributed by atoms with Gasteiger partial charge in [-0.3, -0.25) is 5.32 Å². The minimum Gasteiger partial charge on any atom is -0.324 e. The predicted octanol–water partition coefficient (Wildman–Crippen LogP) is 3.96. The number of imidazole rings is 1. The van der Waals surface area contributed by atoms with Gasteiger partial charge in [-0.05, 0) is 61.4 Å². The number of aromatic amines is 1. The fourth-order valence-electron chi connectivity index (χ4n) is 2.13. The first-order valence-corrected chi connectivity index (χ1v) is 6.82. The number of aromatic nitrogens is 2. The van der Waals surface area contributed by atoms with Crippen LogP contribution >= 0.6 is 0 Å². The minimum absolute atomic E-state index is 0.353. The van der Waals surface area contributed by atoms with E-state index in [9.17, 15) is 9.18 Å². The molecule has 0 aliphatic carbocycles. The monoisotopic (exact) mass is 298 g/mol. The molecule has 3 aromatic rings. The van der Waals surface area contributed by atoms with Gasteiger partial charge in [-0.15, -0.1) is 0 Å². The summed E-state index contributed by atoms with van der Waals surface area (Å²) in [5.74, 6) is 0.00796. The molecule has 2 amide bonds. The van der Waals surface area contributed by atoms with E-state index in [0.29, 0.717) is 11.6 Å². The number of hydrogen-bond acceptors (Lipinski definition) is 2. The quantitative estimate of drug-likeness (QED) is 0.670. The molecule has 0 spiro atoms. The molecule has 0 atom stereocenters. The summed E-state index contributed by atoms with van der Waals surface area (Å²) in [6.45, 7) is 4.03. The zero-order valence-corrected chi connectivity index (χ0v) is 12.2. The fraction of sp³-hybridized carbons (Fsp3) is 0.125. The molecule has 0 saturated heterocycles. The molecule has 0 aliphatic heterocycles. The van der Waals surface area contributed by atoms with Crippen molar-refractivity contribution in [1.82, 2.24) is 9.97 Å². The van der Waals surface area contributed by atoms with Crippen molar-refractivity contribution >= 4 is 28.7 Å². The van der Waals surface area contributed by atoms with E-state index < -0.39 is 6.03 Å². The maximum atomic E-state index is 12.8. The molecule has 0 unspecified atom stereocenters. The number of H-pyrrole nitrogens is 1. The number of halogens is 1. The molecule has 112 valence electrons. The maximum Gasteiger partial charge on any atom is 0.326 e. The number of anilines is 2. The van der Waals surface area contributed by atoms with Gasteiger partial charge in [-0.1, -0.05) is 0 Å². The first-order chi connectivity index (χ1) is 10.5. The van der Waals surface area contributed by atoms with Crippen LogP contribution in [0.25, 0.3) is 11.0 Å². The number of benzene rings is 2. The summed E-state index contributed by atoms with van der Waals surface area (Å²) in [4.78, 5) is 19.3. The zero-order chi connectivity index (χ0) is 15.7. The standard InChI is InChI=1S/C16H15FN4O/c1-9-7-13-14(8-10(9)2)20-15(19-13)21-16(22)18-12-5-3-11(17)4-6-12/h3-8H,1-2H3,(H3,18,19,20,21,22). The van der Waals surface area contributed by atoms with Crippen LogP contribution in [0.2, 0.25) is 0 Å². The topological polar surface area (TPSA) is 69.8 Å². The van der Waals surface area contributed by atoms with Gasteiger partial charge in [0.15, 0.2) is 0 Å². The second kappa shape index (κ2) is 5.48. The summed E-state index contributed by atoms with van der Waals surface area (Å²) in [6.07, 6.45) is 0. The highest BCUT2D eigenvalue weighted by Crippen LogP contribution is 2.19. The number of hydrogen-bond donors (Lipinski definition) is 3. The summed E-state index contributed by atoms with van der Waals surface area (Å²) in [6, 6.07) is 9.04. The van der Waals surface area contributed by atoms with Crippen LogP contribution in [-0.4, -0.2) is 16.0 Å². The minimum atomic E-state index is -0.445. The van der Waals surface area contributed by atoms with Gasteiger partial charge >= 0.3 is 6.03 Å². The molecular weight excluding hydrogens is 283 g/mol. The largest absolute Gasteiger partial charge is 0.326 e. The molecular formula is C16H15FN4O. The zero-order valence-electron chi connectivity index (χ0n) is 12.2. The number of aryl methyl sites for hydroxylation is 2. The molecule has 0 bridgehead atoms. The molecule has 0 aliphatic rings. The molecule has 3 rings (SSSR count). The molecule has 0 fully saturated rings. The highest BCUT2D eigenvalue weighted by Gasteiger charge is 2.08. The lowest BCUT2D eigenvalue weighted by atomic mass is 10.1. The second-order valence-electron chi connectivity index (χ2n) is 5.13. The van der Waals surface area contributed by atoms with Gasteiger partial charge in [0.05, 0.1) is 11.0 Å². The van der Waals surface area contributed by atoms with Gasteiger partial charge in [0, 0.05) is 5.69 Å². The normalized spacial score (nSPS) is 10.7. The summed E-state index contributed by atoms with van der Waals surface area (Å²) < 4.78 is 12.8. The highest BCUT2D eigenvalue weighted by molar-refractivity contribution is 5.99. The number of nitrogens with zero attached hydrogens (tertiary/aromatic N) is 1. The average molecular weight is 298 g/mol. The molecule has 22 heavy (non-hydrogen) atoms. The van der Waals surface area contributed by atoms with E-state index in [1.165, 1.54) is 24.3 Å². The number of carbonyl (C=O) groups is 1. The molecule has 0 saturated carbocycles. The number of fused-ring (bicyclic) bond motifs is 1. The van der Waals surface area contributed by atoms with Crippen LogP contribution in [0, 0.1) is 19.7 Å². The van der Waals surface area contributed by atoms with Gasteiger partial charge in [0.1, 0.15) is 5.82 Å². The first kappa shape index (κ1) is 14.1. The van der Waals surface area contributed by atoms with E-state index in [1.807, 2.05) is 26.0 Å². The molecule has 1 aromatic heterocycles. The molecule has 6 heteroatoms. The van der Waals surface area contributed by atoms with E-state index in [0.717, 1.165) is 22.2 Å². The SMILES string of the molecule is Cc1cc2nc(NC(=O)Nc3ccc(F)cc3)[nH]c2cc1C. The lowest BCUT2D eigenvalue weighted by Gasteiger charge is -2.04. The Bertz CT molecular complexity index is 800. The number of urea groups is 1. The highest BCUT2D eigenvalue weighted by atomic mass is 19.1. The van der Waals surface area contributed by atoms with E-state index in [4.69, 9.17) is 0 Å². The van der Waals surface area contributed by atoms with Crippen molar-refractivity contribution in [2.45, 2.75) is 13.8 Å². The summed E-state index contributed by atoms with van der Waals surface area (Å²) >= 11 is 0. The maximum absolute atomic E-state index is 12.8.